The molecular formula is C17H22BrN5O. The highest BCUT2D eigenvalue weighted by Crippen LogP contribution is 2.11. The van der Waals surface area contributed by atoms with Crippen molar-refractivity contribution in [3.63, 3.8) is 0 Å². The fourth-order valence-electron chi connectivity index (χ4n) is 2.13. The Labute approximate surface area is 150 Å². The van der Waals surface area contributed by atoms with Crippen molar-refractivity contribution in [1.29, 1.82) is 0 Å². The number of amides is 1. The molecule has 6 nitrogen and oxygen atoms in total. The third-order valence-corrected chi connectivity index (χ3v) is 3.84. The van der Waals surface area contributed by atoms with Crippen molar-refractivity contribution in [3.05, 3.63) is 58.8 Å². The van der Waals surface area contributed by atoms with Crippen LogP contribution in [-0.4, -0.2) is 43.1 Å². The quantitative estimate of drug-likeness (QED) is 0.383. The number of nitrogens with zero attached hydrogens (tertiary/aromatic N) is 2. The predicted octanol–water partition coefficient (Wildman–Crippen LogP) is 1.85. The number of guanidine groups is 1. The molecule has 0 spiro atoms. The SMILES string of the molecule is CN=C(NCCNC(=O)c1cccc(Br)c1)NCCn1cccc1. The Kier molecular flexibility index (Phi) is 7.35. The van der Waals surface area contributed by atoms with Crippen LogP contribution in [0.25, 0.3) is 0 Å². The molecule has 3 N–H and O–H groups in total. The van der Waals surface area contributed by atoms with Crippen LogP contribution >= 0.6 is 15.9 Å². The Morgan fingerprint density at radius 2 is 1.79 bits per heavy atom. The van der Waals surface area contributed by atoms with E-state index in [1.165, 1.54) is 0 Å². The van der Waals surface area contributed by atoms with E-state index in [1.54, 1.807) is 19.2 Å². The second-order valence-corrected chi connectivity index (χ2v) is 6.03. The molecule has 0 saturated carbocycles. The summed E-state index contributed by atoms with van der Waals surface area (Å²) in [6.45, 7) is 2.76. The highest BCUT2D eigenvalue weighted by atomic mass is 79.9. The number of nitrogens with one attached hydrogen (secondary N) is 3. The lowest BCUT2D eigenvalue weighted by molar-refractivity contribution is 0.0954. The minimum Gasteiger partial charge on any atom is -0.355 e. The van der Waals surface area contributed by atoms with Gasteiger partial charge in [0.2, 0.25) is 0 Å². The Bertz CT molecular complexity index is 669. The zero-order chi connectivity index (χ0) is 17.2. The second kappa shape index (κ2) is 9.77. The third-order valence-electron chi connectivity index (χ3n) is 3.34. The fraction of sp³-hybridized carbons (Fsp3) is 0.294. The predicted molar refractivity (Wildman–Crippen MR) is 100 cm³/mol. The van der Waals surface area contributed by atoms with Crippen LogP contribution in [0.2, 0.25) is 0 Å². The summed E-state index contributed by atoms with van der Waals surface area (Å²) in [5.74, 6) is 0.632. The summed E-state index contributed by atoms with van der Waals surface area (Å²) in [4.78, 5) is 16.2. The first-order chi connectivity index (χ1) is 11.7. The number of benzene rings is 1. The molecule has 24 heavy (non-hydrogen) atoms. The van der Waals surface area contributed by atoms with E-state index < -0.39 is 0 Å². The lowest BCUT2D eigenvalue weighted by Crippen LogP contribution is -2.42. The topological polar surface area (TPSA) is 70.4 Å². The zero-order valence-corrected chi connectivity index (χ0v) is 15.2. The van der Waals surface area contributed by atoms with Crippen molar-refractivity contribution in [2.45, 2.75) is 6.54 Å². The number of carbonyl (C=O) groups is 1. The molecule has 0 aliphatic carbocycles. The molecule has 0 atom stereocenters. The maximum Gasteiger partial charge on any atom is 0.251 e. The van der Waals surface area contributed by atoms with E-state index in [9.17, 15) is 4.79 Å². The molecule has 0 aliphatic heterocycles. The molecule has 0 bridgehead atoms. The van der Waals surface area contributed by atoms with Crippen LogP contribution in [0.1, 0.15) is 10.4 Å². The van der Waals surface area contributed by atoms with Gasteiger partial charge in [0, 0.05) is 55.7 Å². The van der Waals surface area contributed by atoms with Gasteiger partial charge in [-0.2, -0.15) is 0 Å². The number of carbonyl (C=O) groups excluding carboxylic acids is 1. The lowest BCUT2D eigenvalue weighted by Gasteiger charge is -2.12. The molecular weight excluding hydrogens is 370 g/mol. The molecule has 0 aliphatic rings. The summed E-state index contributed by atoms with van der Waals surface area (Å²) in [6, 6.07) is 11.3. The summed E-state index contributed by atoms with van der Waals surface area (Å²) in [5.41, 5.74) is 0.638. The van der Waals surface area contributed by atoms with Gasteiger partial charge in [0.05, 0.1) is 0 Å². The van der Waals surface area contributed by atoms with Gasteiger partial charge >= 0.3 is 0 Å². The average Bonchev–Trinajstić information content (AvgIpc) is 3.10. The number of hydrogen-bond acceptors (Lipinski definition) is 2. The summed E-state index contributed by atoms with van der Waals surface area (Å²) in [7, 11) is 1.73. The van der Waals surface area contributed by atoms with Crippen molar-refractivity contribution in [3.8, 4) is 0 Å². The maximum absolute atomic E-state index is 12.0. The van der Waals surface area contributed by atoms with Gasteiger partial charge in [0.1, 0.15) is 0 Å². The van der Waals surface area contributed by atoms with Gasteiger partial charge in [-0.1, -0.05) is 22.0 Å². The van der Waals surface area contributed by atoms with Gasteiger partial charge in [-0.3, -0.25) is 9.79 Å². The molecule has 1 amide bonds. The van der Waals surface area contributed by atoms with Crippen molar-refractivity contribution in [1.82, 2.24) is 20.5 Å². The minimum absolute atomic E-state index is 0.0892. The van der Waals surface area contributed by atoms with E-state index in [-0.39, 0.29) is 5.91 Å². The number of halogens is 1. The van der Waals surface area contributed by atoms with E-state index in [1.807, 2.05) is 36.7 Å². The molecule has 1 aromatic carbocycles. The third kappa shape index (κ3) is 6.08. The summed E-state index contributed by atoms with van der Waals surface area (Å²) < 4.78 is 2.99. The smallest absolute Gasteiger partial charge is 0.251 e. The van der Waals surface area contributed by atoms with Crippen LogP contribution in [0.5, 0.6) is 0 Å². The van der Waals surface area contributed by atoms with Gasteiger partial charge < -0.3 is 20.5 Å². The second-order valence-electron chi connectivity index (χ2n) is 5.11. The first kappa shape index (κ1) is 18.1. The molecule has 1 heterocycles. The number of aromatic nitrogens is 1. The Balaban J connectivity index is 1.64. The molecule has 7 heteroatoms. The molecule has 0 radical (unpaired) electrons. The molecule has 2 aromatic rings. The van der Waals surface area contributed by atoms with Crippen LogP contribution in [-0.2, 0) is 6.54 Å². The number of rotatable bonds is 7. The van der Waals surface area contributed by atoms with Crippen molar-refractivity contribution in [2.24, 2.45) is 4.99 Å². The van der Waals surface area contributed by atoms with E-state index in [2.05, 4.69) is 41.4 Å². The molecule has 0 fully saturated rings. The fourth-order valence-corrected chi connectivity index (χ4v) is 2.53. The Morgan fingerprint density at radius 3 is 2.50 bits per heavy atom. The van der Waals surface area contributed by atoms with Crippen LogP contribution in [0, 0.1) is 0 Å². The Morgan fingerprint density at radius 1 is 1.08 bits per heavy atom. The van der Waals surface area contributed by atoms with Crippen molar-refractivity contribution < 1.29 is 4.79 Å². The van der Waals surface area contributed by atoms with Crippen LogP contribution in [0.15, 0.2) is 58.3 Å². The van der Waals surface area contributed by atoms with Crippen molar-refractivity contribution in [2.75, 3.05) is 26.7 Å². The maximum atomic E-state index is 12.0. The zero-order valence-electron chi connectivity index (χ0n) is 13.6. The lowest BCUT2D eigenvalue weighted by atomic mass is 10.2. The molecule has 128 valence electrons. The largest absolute Gasteiger partial charge is 0.355 e. The summed E-state index contributed by atoms with van der Waals surface area (Å²) >= 11 is 3.36. The summed E-state index contributed by atoms with van der Waals surface area (Å²) in [6.07, 6.45) is 4.05. The van der Waals surface area contributed by atoms with Gasteiger partial charge in [-0.25, -0.2) is 0 Å². The monoisotopic (exact) mass is 391 g/mol. The summed E-state index contributed by atoms with van der Waals surface area (Å²) in [5, 5.41) is 9.28. The van der Waals surface area contributed by atoms with E-state index in [0.29, 0.717) is 18.7 Å². The van der Waals surface area contributed by atoms with E-state index in [4.69, 9.17) is 0 Å². The molecule has 0 saturated heterocycles. The molecule has 0 unspecified atom stereocenters. The highest BCUT2D eigenvalue weighted by molar-refractivity contribution is 9.10. The highest BCUT2D eigenvalue weighted by Gasteiger charge is 2.05. The molecule has 1 aromatic heterocycles. The van der Waals surface area contributed by atoms with Gasteiger partial charge in [-0.15, -0.1) is 0 Å². The van der Waals surface area contributed by atoms with Crippen LogP contribution in [0.3, 0.4) is 0 Å². The standard InChI is InChI=1S/C17H22BrN5O/c1-19-17(22-9-12-23-10-2-3-11-23)21-8-7-20-16(24)14-5-4-6-15(18)13-14/h2-6,10-11,13H,7-9,12H2,1H3,(H,20,24)(H2,19,21,22). The Hall–Kier alpha value is -2.28. The van der Waals surface area contributed by atoms with E-state index in [0.717, 1.165) is 23.5 Å². The number of hydrogen-bond donors (Lipinski definition) is 3. The molecule has 2 rings (SSSR count). The van der Waals surface area contributed by atoms with Crippen molar-refractivity contribution >= 4 is 27.8 Å². The normalized spacial score (nSPS) is 11.2. The minimum atomic E-state index is -0.0892. The number of aliphatic imine (C=N–C) groups is 1. The average molecular weight is 392 g/mol. The van der Waals surface area contributed by atoms with Crippen LogP contribution in [0.4, 0.5) is 0 Å². The van der Waals surface area contributed by atoms with Gasteiger partial charge in [-0.05, 0) is 30.3 Å². The first-order valence-corrected chi connectivity index (χ1v) is 8.57. The van der Waals surface area contributed by atoms with Gasteiger partial charge in [0.25, 0.3) is 5.91 Å². The van der Waals surface area contributed by atoms with E-state index >= 15 is 0 Å². The first-order valence-electron chi connectivity index (χ1n) is 7.78. The van der Waals surface area contributed by atoms with Crippen LogP contribution < -0.4 is 16.0 Å². The van der Waals surface area contributed by atoms with Gasteiger partial charge in [0.15, 0.2) is 5.96 Å².